The average Bonchev–Trinajstić information content (AvgIpc) is 3.00. The van der Waals surface area contributed by atoms with Crippen LogP contribution < -0.4 is 0 Å². The number of aliphatic hydroxyl groups excluding tert-OH is 6. The van der Waals surface area contributed by atoms with Crippen molar-refractivity contribution >= 4 is 12.3 Å². The lowest BCUT2D eigenvalue weighted by Crippen LogP contribution is -2.70. The molecule has 47 heavy (non-hydrogen) atoms. The number of ether oxygens (including phenoxy) is 2. The molecule has 0 bridgehead atoms. The minimum atomic E-state index is -1.66. The van der Waals surface area contributed by atoms with Crippen molar-refractivity contribution in [2.45, 2.75) is 142 Å². The predicted octanol–water partition coefficient (Wildman–Crippen LogP) is 2.18. The number of aldehydes is 1. The van der Waals surface area contributed by atoms with E-state index in [1.165, 1.54) is 0 Å². The van der Waals surface area contributed by atoms with Crippen LogP contribution in [0.2, 0.25) is 0 Å². The molecule has 11 heteroatoms. The number of carboxylic acid groups (broad SMARTS) is 1. The molecule has 6 aliphatic rings. The van der Waals surface area contributed by atoms with Crippen molar-refractivity contribution in [2.75, 3.05) is 6.61 Å². The van der Waals surface area contributed by atoms with Gasteiger partial charge in [0.2, 0.25) is 0 Å². The molecule has 1 aliphatic heterocycles. The second-order valence-corrected chi connectivity index (χ2v) is 17.8. The van der Waals surface area contributed by atoms with Gasteiger partial charge >= 0.3 is 5.97 Å². The largest absolute Gasteiger partial charge is 0.481 e. The highest BCUT2D eigenvalue weighted by Gasteiger charge is 2.73. The van der Waals surface area contributed by atoms with Gasteiger partial charge in [-0.25, -0.2) is 0 Å². The zero-order valence-electron chi connectivity index (χ0n) is 28.6. The van der Waals surface area contributed by atoms with Crippen molar-refractivity contribution in [2.24, 2.45) is 50.2 Å². The smallest absolute Gasteiger partial charge is 0.312 e. The van der Waals surface area contributed by atoms with Crippen LogP contribution in [0.25, 0.3) is 0 Å². The topological polar surface area (TPSA) is 194 Å². The van der Waals surface area contributed by atoms with E-state index in [2.05, 4.69) is 40.7 Å². The number of allylic oxidation sites excluding steroid dienone is 2. The first kappa shape index (κ1) is 35.4. The zero-order valence-corrected chi connectivity index (χ0v) is 28.6. The monoisotopic (exact) mass is 664 g/mol. The number of aliphatic hydroxyl groups is 6. The summed E-state index contributed by atoms with van der Waals surface area (Å²) in [5.74, 6) is -1.52. The van der Waals surface area contributed by atoms with E-state index in [-0.39, 0.29) is 23.2 Å². The lowest BCUT2D eigenvalue weighted by atomic mass is 9.33. The number of hydrogen-bond donors (Lipinski definition) is 7. The van der Waals surface area contributed by atoms with Gasteiger partial charge in [-0.3, -0.25) is 4.79 Å². The third-order valence-electron chi connectivity index (χ3n) is 15.1. The molecule has 7 N–H and O–H groups in total. The lowest BCUT2D eigenvalue weighted by Gasteiger charge is -2.72. The van der Waals surface area contributed by atoms with Gasteiger partial charge in [0.15, 0.2) is 6.29 Å². The first-order valence-electron chi connectivity index (χ1n) is 17.5. The highest BCUT2D eigenvalue weighted by atomic mass is 16.7. The van der Waals surface area contributed by atoms with E-state index in [0.717, 1.165) is 18.3 Å². The van der Waals surface area contributed by atoms with E-state index in [9.17, 15) is 45.3 Å². The molecule has 0 aromatic rings. The Kier molecular flexibility index (Phi) is 8.50. The minimum absolute atomic E-state index is 0.00534. The summed E-state index contributed by atoms with van der Waals surface area (Å²) in [4.78, 5) is 26.2. The van der Waals surface area contributed by atoms with Crippen LogP contribution in [0.1, 0.15) is 92.9 Å². The Morgan fingerprint density at radius 3 is 2.23 bits per heavy atom. The molecule has 1 saturated heterocycles. The molecule has 16 atom stereocenters. The quantitative estimate of drug-likeness (QED) is 0.168. The van der Waals surface area contributed by atoms with Gasteiger partial charge in [-0.05, 0) is 90.8 Å². The van der Waals surface area contributed by atoms with Gasteiger partial charge in [0.1, 0.15) is 36.1 Å². The Morgan fingerprint density at radius 2 is 1.62 bits per heavy atom. The number of carbonyl (C=O) groups is 2. The molecule has 0 amide bonds. The molecular formula is C36H56O11. The number of carboxylic acids is 1. The van der Waals surface area contributed by atoms with E-state index < -0.39 is 88.7 Å². The van der Waals surface area contributed by atoms with Crippen LogP contribution in [0, 0.1) is 50.2 Å². The Hall–Kier alpha value is -1.44. The first-order valence-corrected chi connectivity index (χ1v) is 17.5. The maximum Gasteiger partial charge on any atom is 0.312 e. The molecule has 0 aromatic carbocycles. The van der Waals surface area contributed by atoms with Crippen LogP contribution in [0.3, 0.4) is 0 Å². The molecule has 11 nitrogen and oxygen atoms in total. The Morgan fingerprint density at radius 1 is 0.936 bits per heavy atom. The Labute approximate surface area is 277 Å². The highest BCUT2D eigenvalue weighted by molar-refractivity contribution is 5.78. The molecular weight excluding hydrogens is 608 g/mol. The van der Waals surface area contributed by atoms with Gasteiger partial charge in [-0.2, -0.15) is 0 Å². The fourth-order valence-corrected chi connectivity index (χ4v) is 12.2. The van der Waals surface area contributed by atoms with E-state index in [1.54, 1.807) is 6.92 Å². The van der Waals surface area contributed by atoms with Gasteiger partial charge in [0.05, 0.1) is 30.3 Å². The summed E-state index contributed by atoms with van der Waals surface area (Å²) in [6.45, 7) is 12.1. The SMILES string of the molecule is CC1(C)CCC2(C(=O)O)C(OC3OC(CO)C(O)C(O)C3O)CC3(C)C(=CCC4C5(C)CC(O)C(O)C(C)(C=O)C5CCC43C)C2C1. The van der Waals surface area contributed by atoms with E-state index in [1.807, 2.05) is 0 Å². The van der Waals surface area contributed by atoms with Crippen LogP contribution in [-0.4, -0.2) is 104 Å². The summed E-state index contributed by atoms with van der Waals surface area (Å²) in [7, 11) is 0. The fraction of sp³-hybridized carbons (Fsp3) is 0.889. The van der Waals surface area contributed by atoms with Crippen molar-refractivity contribution in [1.82, 2.24) is 0 Å². The molecule has 16 unspecified atom stereocenters. The van der Waals surface area contributed by atoms with Gasteiger partial charge in [0.25, 0.3) is 0 Å². The van der Waals surface area contributed by atoms with Crippen LogP contribution in [0.15, 0.2) is 11.6 Å². The average molecular weight is 665 g/mol. The molecule has 0 radical (unpaired) electrons. The predicted molar refractivity (Wildman–Crippen MR) is 168 cm³/mol. The van der Waals surface area contributed by atoms with Gasteiger partial charge in [-0.15, -0.1) is 0 Å². The summed E-state index contributed by atoms with van der Waals surface area (Å²) < 4.78 is 12.4. The van der Waals surface area contributed by atoms with Crippen LogP contribution in [0.5, 0.6) is 0 Å². The molecule has 1 heterocycles. The van der Waals surface area contributed by atoms with Crippen molar-refractivity contribution < 1.29 is 54.8 Å². The lowest BCUT2D eigenvalue weighted by molar-refractivity contribution is -0.330. The molecule has 5 fully saturated rings. The molecule has 5 aliphatic carbocycles. The third kappa shape index (κ3) is 4.66. The molecule has 6 rings (SSSR count). The fourth-order valence-electron chi connectivity index (χ4n) is 12.2. The van der Waals surface area contributed by atoms with Gasteiger partial charge in [0, 0.05) is 0 Å². The van der Waals surface area contributed by atoms with Crippen molar-refractivity contribution in [1.29, 1.82) is 0 Å². The zero-order chi connectivity index (χ0) is 34.7. The summed E-state index contributed by atoms with van der Waals surface area (Å²) in [6, 6.07) is 0. The second-order valence-electron chi connectivity index (χ2n) is 17.8. The number of rotatable bonds is 5. The van der Waals surface area contributed by atoms with Crippen LogP contribution in [-0.2, 0) is 19.1 Å². The van der Waals surface area contributed by atoms with Crippen molar-refractivity contribution in [3.63, 3.8) is 0 Å². The normalized spacial score (nSPS) is 55.4. The Balaban J connectivity index is 1.47. The summed E-state index contributed by atoms with van der Waals surface area (Å²) in [5, 5.41) is 75.2. The maximum atomic E-state index is 13.6. The van der Waals surface area contributed by atoms with Crippen molar-refractivity contribution in [3.8, 4) is 0 Å². The van der Waals surface area contributed by atoms with Gasteiger partial charge < -0.3 is 50.0 Å². The molecule has 266 valence electrons. The Bertz CT molecular complexity index is 1300. The molecule has 0 spiro atoms. The second kappa shape index (κ2) is 11.3. The third-order valence-corrected chi connectivity index (χ3v) is 15.1. The van der Waals surface area contributed by atoms with Crippen molar-refractivity contribution in [3.05, 3.63) is 11.6 Å². The maximum absolute atomic E-state index is 13.6. The molecule has 0 aromatic heterocycles. The van der Waals surface area contributed by atoms with E-state index in [4.69, 9.17) is 9.47 Å². The molecule has 4 saturated carbocycles. The summed E-state index contributed by atoms with van der Waals surface area (Å²) >= 11 is 0. The van der Waals surface area contributed by atoms with Gasteiger partial charge in [-0.1, -0.05) is 53.2 Å². The van der Waals surface area contributed by atoms with Crippen LogP contribution in [0.4, 0.5) is 0 Å². The summed E-state index contributed by atoms with van der Waals surface area (Å²) in [6.07, 6.45) is -3.34. The van der Waals surface area contributed by atoms with E-state index >= 15 is 0 Å². The van der Waals surface area contributed by atoms with Crippen LogP contribution >= 0.6 is 0 Å². The summed E-state index contributed by atoms with van der Waals surface area (Å²) in [5.41, 5.74) is -2.97. The number of hydrogen-bond acceptors (Lipinski definition) is 10. The standard InChI is InChI=1S/C36H56O11/c1-31(2)11-12-36(30(44)45)19(13-31)18-7-8-23-32(3)14-20(39)28(43)33(4,17-38)22(32)9-10-34(23,5)35(18,6)15-24(36)47-29-27(42)26(41)25(40)21(16-37)46-29/h7,17,19-29,37,39-43H,8-16H2,1-6H3,(H,44,45). The minimum Gasteiger partial charge on any atom is -0.481 e. The number of carbonyl (C=O) groups excluding carboxylic acids is 1. The first-order chi connectivity index (χ1) is 21.8. The van der Waals surface area contributed by atoms with E-state index in [0.29, 0.717) is 44.9 Å². The number of aliphatic carboxylic acids is 1. The number of fused-ring (bicyclic) bond motifs is 7. The highest BCUT2D eigenvalue weighted by Crippen LogP contribution is 2.76.